The Kier molecular flexibility index (Phi) is 6.54. The quantitative estimate of drug-likeness (QED) is 0.627. The maximum atomic E-state index is 12.1. The maximum Gasteiger partial charge on any atom is 0.409 e. The third-order valence-electron chi connectivity index (χ3n) is 3.70. The number of amides is 2. The number of nitrogens with zero attached hydrogens (tertiary/aromatic N) is 3. The molecule has 10 heteroatoms. The average molecular weight is 371 g/mol. The predicted octanol–water partition coefficient (Wildman–Crippen LogP) is 1.96. The van der Waals surface area contributed by atoms with Crippen LogP contribution in [0.4, 0.5) is 16.2 Å². The molecule has 25 heavy (non-hydrogen) atoms. The topological polar surface area (TPSA) is 105 Å². The third kappa shape index (κ3) is 5.30. The molecule has 2 amide bonds. The van der Waals surface area contributed by atoms with Crippen LogP contribution >= 0.6 is 11.6 Å². The molecule has 0 spiro atoms. The molecule has 136 valence electrons. The van der Waals surface area contributed by atoms with Crippen molar-refractivity contribution in [2.45, 2.75) is 6.92 Å². The molecule has 9 nitrogen and oxygen atoms in total. The second-order valence-electron chi connectivity index (χ2n) is 5.43. The second-order valence-corrected chi connectivity index (χ2v) is 5.84. The van der Waals surface area contributed by atoms with E-state index in [2.05, 4.69) is 5.32 Å². The highest BCUT2D eigenvalue weighted by Crippen LogP contribution is 2.26. The van der Waals surface area contributed by atoms with E-state index in [9.17, 15) is 19.7 Å². The predicted molar refractivity (Wildman–Crippen MR) is 91.8 cm³/mol. The summed E-state index contributed by atoms with van der Waals surface area (Å²) in [6.07, 6.45) is -0.343. The first-order chi connectivity index (χ1) is 11.9. The Morgan fingerprint density at radius 2 is 2.00 bits per heavy atom. The van der Waals surface area contributed by atoms with Crippen LogP contribution in [0, 0.1) is 10.1 Å². The number of ether oxygens (including phenoxy) is 1. The summed E-state index contributed by atoms with van der Waals surface area (Å²) in [4.78, 5) is 37.4. The SMILES string of the molecule is CCOC(=O)N1CCN(CC(=O)Nc2ccc([N+](=O)[O-])cc2Cl)CC1. The number of hydrogen-bond donors (Lipinski definition) is 1. The zero-order valence-corrected chi connectivity index (χ0v) is 14.5. The van der Waals surface area contributed by atoms with Crippen LogP contribution in [0.2, 0.25) is 5.02 Å². The third-order valence-corrected chi connectivity index (χ3v) is 4.02. The fraction of sp³-hybridized carbons (Fsp3) is 0.467. The molecule has 1 aliphatic heterocycles. The molecule has 1 heterocycles. The van der Waals surface area contributed by atoms with Crippen LogP contribution in [0.15, 0.2) is 18.2 Å². The zero-order valence-electron chi connectivity index (χ0n) is 13.7. The second kappa shape index (κ2) is 8.63. The highest BCUT2D eigenvalue weighted by atomic mass is 35.5. The minimum atomic E-state index is -0.555. The lowest BCUT2D eigenvalue weighted by Crippen LogP contribution is -2.50. The average Bonchev–Trinajstić information content (AvgIpc) is 2.57. The summed E-state index contributed by atoms with van der Waals surface area (Å²) in [7, 11) is 0. The lowest BCUT2D eigenvalue weighted by Gasteiger charge is -2.33. The summed E-state index contributed by atoms with van der Waals surface area (Å²) >= 11 is 5.95. The van der Waals surface area contributed by atoms with Gasteiger partial charge in [-0.25, -0.2) is 4.79 Å². The van der Waals surface area contributed by atoms with E-state index >= 15 is 0 Å². The molecule has 1 aliphatic rings. The van der Waals surface area contributed by atoms with Gasteiger partial charge in [0.25, 0.3) is 5.69 Å². The molecule has 1 saturated heterocycles. The standard InChI is InChI=1S/C15H19ClN4O5/c1-2-25-15(22)19-7-5-18(6-8-19)10-14(21)17-13-4-3-11(20(23)24)9-12(13)16/h3-4,9H,2,5-8,10H2,1H3,(H,17,21). The van der Waals surface area contributed by atoms with E-state index in [1.807, 2.05) is 4.90 Å². The Morgan fingerprint density at radius 3 is 2.56 bits per heavy atom. The van der Waals surface area contributed by atoms with Crippen molar-refractivity contribution in [3.05, 3.63) is 33.3 Å². The van der Waals surface area contributed by atoms with E-state index in [-0.39, 0.29) is 29.3 Å². The molecule has 0 aromatic heterocycles. The van der Waals surface area contributed by atoms with Crippen molar-refractivity contribution in [1.29, 1.82) is 0 Å². The highest BCUT2D eigenvalue weighted by molar-refractivity contribution is 6.34. The number of halogens is 1. The van der Waals surface area contributed by atoms with Gasteiger partial charge in [-0.2, -0.15) is 0 Å². The molecule has 2 rings (SSSR count). The molecule has 1 N–H and O–H groups in total. The minimum absolute atomic E-state index is 0.106. The van der Waals surface area contributed by atoms with Crippen LogP contribution in [-0.2, 0) is 9.53 Å². The number of nitro groups is 1. The largest absolute Gasteiger partial charge is 0.450 e. The Balaban J connectivity index is 1.83. The van der Waals surface area contributed by atoms with Crippen LogP contribution in [0.25, 0.3) is 0 Å². The van der Waals surface area contributed by atoms with E-state index in [0.717, 1.165) is 0 Å². The number of nitrogens with one attached hydrogen (secondary N) is 1. The van der Waals surface area contributed by atoms with E-state index in [1.54, 1.807) is 11.8 Å². The summed E-state index contributed by atoms with van der Waals surface area (Å²) in [5, 5.41) is 13.4. The van der Waals surface area contributed by atoms with Crippen molar-refractivity contribution < 1.29 is 19.2 Å². The first-order valence-corrected chi connectivity index (χ1v) is 8.16. The zero-order chi connectivity index (χ0) is 18.4. The molecule has 0 radical (unpaired) electrons. The van der Waals surface area contributed by atoms with E-state index in [1.165, 1.54) is 18.2 Å². The molecule has 1 aromatic carbocycles. The lowest BCUT2D eigenvalue weighted by atomic mass is 10.2. The van der Waals surface area contributed by atoms with Gasteiger partial charge in [0.2, 0.25) is 5.91 Å². The van der Waals surface area contributed by atoms with Gasteiger partial charge in [0.1, 0.15) is 0 Å². The summed E-state index contributed by atoms with van der Waals surface area (Å²) in [6.45, 7) is 4.32. The molecule has 0 atom stereocenters. The monoisotopic (exact) mass is 370 g/mol. The Hall–Kier alpha value is -2.39. The molecule has 1 aromatic rings. The Morgan fingerprint density at radius 1 is 1.32 bits per heavy atom. The summed E-state index contributed by atoms with van der Waals surface area (Å²) < 4.78 is 4.94. The lowest BCUT2D eigenvalue weighted by molar-refractivity contribution is -0.384. The molecule has 0 saturated carbocycles. The van der Waals surface area contributed by atoms with E-state index in [0.29, 0.717) is 38.5 Å². The molecule has 0 bridgehead atoms. The van der Waals surface area contributed by atoms with Crippen molar-refractivity contribution in [1.82, 2.24) is 9.80 Å². The molecule has 1 fully saturated rings. The van der Waals surface area contributed by atoms with E-state index in [4.69, 9.17) is 16.3 Å². The number of piperazine rings is 1. The van der Waals surface area contributed by atoms with Crippen LogP contribution < -0.4 is 5.32 Å². The van der Waals surface area contributed by atoms with Crippen LogP contribution in [0.1, 0.15) is 6.92 Å². The van der Waals surface area contributed by atoms with Crippen LogP contribution in [0.5, 0.6) is 0 Å². The maximum absolute atomic E-state index is 12.1. The number of non-ortho nitro benzene ring substituents is 1. The number of nitro benzene ring substituents is 1. The normalized spacial score (nSPS) is 14.9. The minimum Gasteiger partial charge on any atom is -0.450 e. The van der Waals surface area contributed by atoms with Crippen LogP contribution in [0.3, 0.4) is 0 Å². The number of carbonyl (C=O) groups excluding carboxylic acids is 2. The van der Waals surface area contributed by atoms with Crippen molar-refractivity contribution >= 4 is 35.0 Å². The number of anilines is 1. The highest BCUT2D eigenvalue weighted by Gasteiger charge is 2.23. The first-order valence-electron chi connectivity index (χ1n) is 7.78. The Bertz CT molecular complexity index is 661. The molecular formula is C15H19ClN4O5. The van der Waals surface area contributed by atoms with Gasteiger partial charge in [-0.15, -0.1) is 0 Å². The van der Waals surface area contributed by atoms with Gasteiger partial charge < -0.3 is 15.0 Å². The van der Waals surface area contributed by atoms with Crippen molar-refractivity contribution in [2.75, 3.05) is 44.6 Å². The number of rotatable bonds is 5. The molecular weight excluding hydrogens is 352 g/mol. The summed E-state index contributed by atoms with van der Waals surface area (Å²) in [6, 6.07) is 3.87. The number of hydrogen-bond acceptors (Lipinski definition) is 6. The van der Waals surface area contributed by atoms with Gasteiger partial charge in [-0.05, 0) is 13.0 Å². The molecule has 0 unspecified atom stereocenters. The van der Waals surface area contributed by atoms with Gasteiger partial charge >= 0.3 is 6.09 Å². The Labute approximate surface area is 149 Å². The van der Waals surface area contributed by atoms with Crippen molar-refractivity contribution in [2.24, 2.45) is 0 Å². The summed E-state index contributed by atoms with van der Waals surface area (Å²) in [5.74, 6) is -0.277. The fourth-order valence-electron chi connectivity index (χ4n) is 2.42. The van der Waals surface area contributed by atoms with Crippen molar-refractivity contribution in [3.8, 4) is 0 Å². The van der Waals surface area contributed by atoms with Crippen LogP contribution in [-0.4, -0.2) is 66.1 Å². The first kappa shape index (κ1) is 18.9. The van der Waals surface area contributed by atoms with Gasteiger partial charge in [-0.3, -0.25) is 19.8 Å². The molecule has 0 aliphatic carbocycles. The van der Waals surface area contributed by atoms with Gasteiger partial charge in [-0.1, -0.05) is 11.6 Å². The van der Waals surface area contributed by atoms with Gasteiger partial charge in [0, 0.05) is 38.3 Å². The number of carbonyl (C=O) groups is 2. The van der Waals surface area contributed by atoms with E-state index < -0.39 is 4.92 Å². The smallest absolute Gasteiger partial charge is 0.409 e. The van der Waals surface area contributed by atoms with Gasteiger partial charge in [0.05, 0.1) is 28.8 Å². The fourth-order valence-corrected chi connectivity index (χ4v) is 2.64. The van der Waals surface area contributed by atoms with Crippen molar-refractivity contribution in [3.63, 3.8) is 0 Å². The summed E-state index contributed by atoms with van der Waals surface area (Å²) in [5.41, 5.74) is 0.181. The van der Waals surface area contributed by atoms with Gasteiger partial charge in [0.15, 0.2) is 0 Å². The number of benzene rings is 1.